The predicted molar refractivity (Wildman–Crippen MR) is 73.8 cm³/mol. The Kier molecular flexibility index (Phi) is 5.60. The lowest BCUT2D eigenvalue weighted by atomic mass is 9.78. The summed E-state index contributed by atoms with van der Waals surface area (Å²) < 4.78 is 0. The Labute approximate surface area is 111 Å². The third-order valence-corrected chi connectivity index (χ3v) is 4.03. The third kappa shape index (κ3) is 3.45. The molecule has 0 aromatic heterocycles. The Morgan fingerprint density at radius 1 is 1.44 bits per heavy atom. The first-order valence-electron chi connectivity index (χ1n) is 7.20. The van der Waals surface area contributed by atoms with E-state index < -0.39 is 11.5 Å². The van der Waals surface area contributed by atoms with E-state index in [-0.39, 0.29) is 6.04 Å². The number of aliphatic carboxylic acids is 1. The fourth-order valence-electron chi connectivity index (χ4n) is 3.24. The normalized spacial score (nSPS) is 28.9. The SMILES string of the molecule is CCN(CC)C1CCCC(NC(C)C)(C(=O)O)C1. The summed E-state index contributed by atoms with van der Waals surface area (Å²) in [7, 11) is 0. The molecule has 1 saturated carbocycles. The zero-order chi connectivity index (χ0) is 13.8. The molecule has 0 amide bonds. The van der Waals surface area contributed by atoms with Gasteiger partial charge in [0.15, 0.2) is 0 Å². The van der Waals surface area contributed by atoms with Crippen molar-refractivity contribution < 1.29 is 9.90 Å². The van der Waals surface area contributed by atoms with Crippen molar-refractivity contribution in [1.29, 1.82) is 0 Å². The lowest BCUT2D eigenvalue weighted by Crippen LogP contribution is -2.60. The molecule has 1 aliphatic rings. The molecule has 0 spiro atoms. The second-order valence-corrected chi connectivity index (χ2v) is 5.66. The monoisotopic (exact) mass is 256 g/mol. The highest BCUT2D eigenvalue weighted by Gasteiger charge is 2.44. The quantitative estimate of drug-likeness (QED) is 0.764. The molecule has 0 heterocycles. The van der Waals surface area contributed by atoms with Gasteiger partial charge in [0.2, 0.25) is 0 Å². The van der Waals surface area contributed by atoms with Gasteiger partial charge in [-0.05, 0) is 52.6 Å². The van der Waals surface area contributed by atoms with Crippen LogP contribution >= 0.6 is 0 Å². The van der Waals surface area contributed by atoms with Crippen molar-refractivity contribution in [1.82, 2.24) is 10.2 Å². The number of carboxylic acids is 1. The number of rotatable bonds is 6. The van der Waals surface area contributed by atoms with Crippen LogP contribution in [0.15, 0.2) is 0 Å². The van der Waals surface area contributed by atoms with Gasteiger partial charge in [0.05, 0.1) is 0 Å². The van der Waals surface area contributed by atoms with Crippen LogP contribution in [0, 0.1) is 0 Å². The maximum absolute atomic E-state index is 11.7. The fourth-order valence-corrected chi connectivity index (χ4v) is 3.24. The Morgan fingerprint density at radius 3 is 2.50 bits per heavy atom. The number of hydrogen-bond acceptors (Lipinski definition) is 3. The summed E-state index contributed by atoms with van der Waals surface area (Å²) in [6, 6.07) is 0.604. The van der Waals surface area contributed by atoms with Crippen molar-refractivity contribution in [2.75, 3.05) is 13.1 Å². The van der Waals surface area contributed by atoms with E-state index in [0.29, 0.717) is 6.04 Å². The maximum Gasteiger partial charge on any atom is 0.323 e. The summed E-state index contributed by atoms with van der Waals surface area (Å²) in [6.45, 7) is 10.3. The van der Waals surface area contributed by atoms with Crippen molar-refractivity contribution in [3.63, 3.8) is 0 Å². The van der Waals surface area contributed by atoms with Gasteiger partial charge in [-0.3, -0.25) is 10.1 Å². The molecule has 2 unspecified atom stereocenters. The van der Waals surface area contributed by atoms with Gasteiger partial charge in [0, 0.05) is 12.1 Å². The molecule has 106 valence electrons. The molecule has 0 aliphatic heterocycles. The minimum absolute atomic E-state index is 0.205. The molecule has 1 aliphatic carbocycles. The van der Waals surface area contributed by atoms with Gasteiger partial charge in [-0.2, -0.15) is 0 Å². The van der Waals surface area contributed by atoms with Crippen LogP contribution in [0.1, 0.15) is 53.4 Å². The van der Waals surface area contributed by atoms with E-state index in [9.17, 15) is 9.90 Å². The predicted octanol–water partition coefficient (Wildman–Crippen LogP) is 2.09. The average Bonchev–Trinajstić information content (AvgIpc) is 2.30. The van der Waals surface area contributed by atoms with Gasteiger partial charge < -0.3 is 10.0 Å². The molecule has 0 aromatic rings. The zero-order valence-electron chi connectivity index (χ0n) is 12.2. The van der Waals surface area contributed by atoms with Gasteiger partial charge >= 0.3 is 5.97 Å². The van der Waals surface area contributed by atoms with Crippen molar-refractivity contribution in [3.8, 4) is 0 Å². The molecule has 1 rings (SSSR count). The van der Waals surface area contributed by atoms with Crippen molar-refractivity contribution >= 4 is 5.97 Å². The molecule has 4 nitrogen and oxygen atoms in total. The van der Waals surface area contributed by atoms with Gasteiger partial charge in [0.25, 0.3) is 0 Å². The van der Waals surface area contributed by atoms with E-state index >= 15 is 0 Å². The molecule has 0 bridgehead atoms. The Balaban J connectivity index is 2.82. The molecule has 1 fully saturated rings. The van der Waals surface area contributed by atoms with Crippen LogP contribution in [0.3, 0.4) is 0 Å². The van der Waals surface area contributed by atoms with Crippen molar-refractivity contribution in [2.24, 2.45) is 0 Å². The number of carboxylic acid groups (broad SMARTS) is 1. The molecule has 2 atom stereocenters. The van der Waals surface area contributed by atoms with Crippen LogP contribution in [0.2, 0.25) is 0 Å². The summed E-state index contributed by atoms with van der Waals surface area (Å²) >= 11 is 0. The molecule has 0 saturated heterocycles. The second kappa shape index (κ2) is 6.53. The summed E-state index contributed by atoms with van der Waals surface area (Å²) in [4.78, 5) is 14.1. The van der Waals surface area contributed by atoms with Crippen LogP contribution in [0.25, 0.3) is 0 Å². The number of carbonyl (C=O) groups is 1. The molecular weight excluding hydrogens is 228 g/mol. The van der Waals surface area contributed by atoms with Crippen LogP contribution in [0.4, 0.5) is 0 Å². The highest BCUT2D eigenvalue weighted by atomic mass is 16.4. The highest BCUT2D eigenvalue weighted by molar-refractivity contribution is 5.79. The van der Waals surface area contributed by atoms with E-state index in [4.69, 9.17) is 0 Å². The maximum atomic E-state index is 11.7. The largest absolute Gasteiger partial charge is 0.480 e. The molecule has 0 radical (unpaired) electrons. The lowest BCUT2D eigenvalue weighted by Gasteiger charge is -2.43. The Hall–Kier alpha value is -0.610. The lowest BCUT2D eigenvalue weighted by molar-refractivity contribution is -0.148. The summed E-state index contributed by atoms with van der Waals surface area (Å²) in [5, 5.41) is 12.9. The van der Waals surface area contributed by atoms with Gasteiger partial charge in [0.1, 0.15) is 5.54 Å². The standard InChI is InChI=1S/C14H28N2O2/c1-5-16(6-2)12-8-7-9-14(10-12,13(17)18)15-11(3)4/h11-12,15H,5-10H2,1-4H3,(H,17,18). The molecule has 0 aromatic carbocycles. The Bertz CT molecular complexity index is 277. The fraction of sp³-hybridized carbons (Fsp3) is 0.929. The van der Waals surface area contributed by atoms with Crippen molar-refractivity contribution in [2.45, 2.75) is 71.0 Å². The van der Waals surface area contributed by atoms with E-state index in [0.717, 1.165) is 38.8 Å². The van der Waals surface area contributed by atoms with Gasteiger partial charge in [-0.1, -0.05) is 13.8 Å². The van der Waals surface area contributed by atoms with Crippen molar-refractivity contribution in [3.05, 3.63) is 0 Å². The first-order valence-corrected chi connectivity index (χ1v) is 7.20. The smallest absolute Gasteiger partial charge is 0.323 e. The van der Waals surface area contributed by atoms with Crippen LogP contribution < -0.4 is 5.32 Å². The number of nitrogens with zero attached hydrogens (tertiary/aromatic N) is 1. The zero-order valence-corrected chi connectivity index (χ0v) is 12.2. The third-order valence-electron chi connectivity index (χ3n) is 4.03. The molecule has 2 N–H and O–H groups in total. The number of hydrogen-bond donors (Lipinski definition) is 2. The number of nitrogens with one attached hydrogen (secondary N) is 1. The first kappa shape index (κ1) is 15.4. The molecule has 18 heavy (non-hydrogen) atoms. The summed E-state index contributed by atoms with van der Waals surface area (Å²) in [5.74, 6) is -0.687. The van der Waals surface area contributed by atoms with Crippen LogP contribution in [-0.2, 0) is 4.79 Å². The minimum atomic E-state index is -0.723. The van der Waals surface area contributed by atoms with Crippen LogP contribution in [0.5, 0.6) is 0 Å². The topological polar surface area (TPSA) is 52.6 Å². The first-order chi connectivity index (χ1) is 8.45. The van der Waals surface area contributed by atoms with E-state index in [1.54, 1.807) is 0 Å². The minimum Gasteiger partial charge on any atom is -0.480 e. The second-order valence-electron chi connectivity index (χ2n) is 5.66. The highest BCUT2D eigenvalue weighted by Crippen LogP contribution is 2.32. The van der Waals surface area contributed by atoms with E-state index in [2.05, 4.69) is 24.1 Å². The summed E-state index contributed by atoms with van der Waals surface area (Å²) in [6.07, 6.45) is 3.59. The van der Waals surface area contributed by atoms with E-state index in [1.165, 1.54) is 0 Å². The average molecular weight is 256 g/mol. The van der Waals surface area contributed by atoms with Gasteiger partial charge in [-0.25, -0.2) is 0 Å². The molecule has 4 heteroatoms. The Morgan fingerprint density at radius 2 is 2.06 bits per heavy atom. The molecular formula is C14H28N2O2. The van der Waals surface area contributed by atoms with Gasteiger partial charge in [-0.15, -0.1) is 0 Å². The van der Waals surface area contributed by atoms with E-state index in [1.807, 2.05) is 13.8 Å². The summed E-state index contributed by atoms with van der Waals surface area (Å²) in [5.41, 5.74) is -0.723. The van der Waals surface area contributed by atoms with Crippen LogP contribution in [-0.4, -0.2) is 46.7 Å².